The van der Waals surface area contributed by atoms with Crippen LogP contribution in [0.15, 0.2) is 36.5 Å². The van der Waals surface area contributed by atoms with Crippen molar-refractivity contribution in [1.29, 1.82) is 0 Å². The molecule has 3 atom stereocenters. The fourth-order valence-corrected chi connectivity index (χ4v) is 8.17. The first-order valence-corrected chi connectivity index (χ1v) is 28.4. The summed E-state index contributed by atoms with van der Waals surface area (Å²) in [4.78, 5) is 48.3. The molecule has 0 radical (unpaired) electrons. The normalized spacial score (nSPS) is 13.7. The minimum atomic E-state index is -4.74. The number of carbonyl (C=O) groups excluding carboxylic acids is 3. The fourth-order valence-electron chi connectivity index (χ4n) is 7.39. The fraction of sp³-hybridized carbons (Fsp3) is 0.833. The van der Waals surface area contributed by atoms with E-state index < -0.39 is 57.8 Å². The van der Waals surface area contributed by atoms with Crippen molar-refractivity contribution in [1.82, 2.24) is 0 Å². The van der Waals surface area contributed by atoms with Gasteiger partial charge in [0.15, 0.2) is 6.10 Å². The van der Waals surface area contributed by atoms with E-state index in [1.54, 1.807) is 0 Å². The molecule has 2 N–H and O–H groups in total. The van der Waals surface area contributed by atoms with Crippen LogP contribution in [0, 0.1) is 0 Å². The van der Waals surface area contributed by atoms with Gasteiger partial charge >= 0.3 is 25.7 Å². The number of phosphoric ester groups is 1. The third kappa shape index (κ3) is 46.8. The maximum atomic E-state index is 12.8. The lowest BCUT2D eigenvalue weighted by Crippen LogP contribution is -2.30. The topological polar surface area (TPSA) is 155 Å². The van der Waals surface area contributed by atoms with Crippen LogP contribution in [0.5, 0.6) is 0 Å². The standard InChI is InChI=1S/C54H99O11P/c1-4-7-10-13-16-19-22-25-28-31-34-37-40-43-52(56)61-47-51(65-54(58)45-42-39-36-33-30-27-24-21-18-15-12-9-6-3)49-63-66(59,60)62-48-50(46-55)64-53(57)44-41-38-35-32-29-26-23-20-17-14-11-8-5-2/h12,15,20-21,23-24,50-51,55H,4-11,13-14,16-19,22,25-49H2,1-3H3,(H,59,60)/b15-12-,23-20-,24-21-. The van der Waals surface area contributed by atoms with Crippen molar-refractivity contribution < 1.29 is 52.2 Å². The monoisotopic (exact) mass is 955 g/mol. The Morgan fingerprint density at radius 2 is 0.773 bits per heavy atom. The first-order valence-electron chi connectivity index (χ1n) is 26.9. The highest BCUT2D eigenvalue weighted by Gasteiger charge is 2.28. The Bertz CT molecular complexity index is 1250. The average molecular weight is 955 g/mol. The lowest BCUT2D eigenvalue weighted by Gasteiger charge is -2.21. The zero-order valence-electron chi connectivity index (χ0n) is 42.4. The SMILES string of the molecule is CCC/C=C\C/C=C\CCCCCCCC(=O)OC(COC(=O)CCCCCCCCCCCCCCC)COP(=O)(O)OCC(CO)OC(=O)CCCCCCC/C=C\CCCCCC. The van der Waals surface area contributed by atoms with Crippen LogP contribution >= 0.6 is 7.82 Å². The molecule has 0 saturated carbocycles. The molecular formula is C54H99O11P. The van der Waals surface area contributed by atoms with Gasteiger partial charge in [-0.1, -0.05) is 198 Å². The second-order valence-corrected chi connectivity index (χ2v) is 19.5. The molecule has 0 saturated heterocycles. The zero-order valence-corrected chi connectivity index (χ0v) is 43.3. The number of allylic oxidation sites excluding steroid dienone is 6. The quantitative estimate of drug-likeness (QED) is 0.0197. The van der Waals surface area contributed by atoms with E-state index in [4.69, 9.17) is 23.3 Å². The number of esters is 3. The number of carbonyl (C=O) groups is 3. The van der Waals surface area contributed by atoms with Crippen LogP contribution in [0.2, 0.25) is 0 Å². The molecule has 11 nitrogen and oxygen atoms in total. The van der Waals surface area contributed by atoms with E-state index in [0.29, 0.717) is 19.3 Å². The van der Waals surface area contributed by atoms with E-state index in [0.717, 1.165) is 109 Å². The Morgan fingerprint density at radius 3 is 1.21 bits per heavy atom. The molecule has 0 fully saturated rings. The number of hydrogen-bond acceptors (Lipinski definition) is 10. The summed E-state index contributed by atoms with van der Waals surface area (Å²) in [5.41, 5.74) is 0. The summed E-state index contributed by atoms with van der Waals surface area (Å²) in [6.45, 7) is 4.55. The Kier molecular flexibility index (Phi) is 47.4. The van der Waals surface area contributed by atoms with Crippen molar-refractivity contribution in [3.63, 3.8) is 0 Å². The molecule has 0 rings (SSSR count). The van der Waals surface area contributed by atoms with Crippen molar-refractivity contribution >= 4 is 25.7 Å². The zero-order chi connectivity index (χ0) is 48.4. The summed E-state index contributed by atoms with van der Waals surface area (Å²) in [7, 11) is -4.74. The maximum Gasteiger partial charge on any atom is 0.472 e. The van der Waals surface area contributed by atoms with Crippen LogP contribution in [-0.2, 0) is 42.2 Å². The summed E-state index contributed by atoms with van der Waals surface area (Å²) < 4.78 is 39.4. The molecule has 0 aliphatic carbocycles. The lowest BCUT2D eigenvalue weighted by molar-refractivity contribution is -0.161. The molecule has 0 heterocycles. The molecule has 0 aromatic carbocycles. The highest BCUT2D eigenvalue weighted by atomic mass is 31.2. The van der Waals surface area contributed by atoms with E-state index in [1.807, 2.05) is 0 Å². The molecular weight excluding hydrogens is 856 g/mol. The predicted octanol–water partition coefficient (Wildman–Crippen LogP) is 15.3. The van der Waals surface area contributed by atoms with E-state index in [2.05, 4.69) is 57.2 Å². The second kappa shape index (κ2) is 49.1. The summed E-state index contributed by atoms with van der Waals surface area (Å²) in [6.07, 6.45) is 48.2. The molecule has 0 spiro atoms. The Hall–Kier alpha value is -2.30. The van der Waals surface area contributed by atoms with Crippen LogP contribution in [0.4, 0.5) is 0 Å². The molecule has 386 valence electrons. The molecule has 0 aliphatic heterocycles. The highest BCUT2D eigenvalue weighted by molar-refractivity contribution is 7.47. The Labute approximate surface area is 403 Å². The van der Waals surface area contributed by atoms with Crippen LogP contribution in [0.25, 0.3) is 0 Å². The smallest absolute Gasteiger partial charge is 0.462 e. The molecule has 3 unspecified atom stereocenters. The van der Waals surface area contributed by atoms with Gasteiger partial charge in [0, 0.05) is 19.3 Å². The van der Waals surface area contributed by atoms with Crippen LogP contribution < -0.4 is 0 Å². The molecule has 0 amide bonds. The number of ether oxygens (including phenoxy) is 3. The van der Waals surface area contributed by atoms with Gasteiger partial charge in [0.05, 0.1) is 19.8 Å². The number of phosphoric acid groups is 1. The Morgan fingerprint density at radius 1 is 0.424 bits per heavy atom. The van der Waals surface area contributed by atoms with Crippen molar-refractivity contribution in [3.8, 4) is 0 Å². The number of hydrogen-bond donors (Lipinski definition) is 2. The van der Waals surface area contributed by atoms with Crippen molar-refractivity contribution in [2.75, 3.05) is 26.4 Å². The van der Waals surface area contributed by atoms with E-state index in [9.17, 15) is 28.9 Å². The van der Waals surface area contributed by atoms with E-state index in [-0.39, 0.29) is 25.9 Å². The summed E-state index contributed by atoms with van der Waals surface area (Å²) in [5.74, 6) is -1.48. The van der Waals surface area contributed by atoms with Crippen LogP contribution in [0.1, 0.15) is 252 Å². The summed E-state index contributed by atoms with van der Waals surface area (Å²) >= 11 is 0. The van der Waals surface area contributed by atoms with Crippen LogP contribution in [-0.4, -0.2) is 66.5 Å². The van der Waals surface area contributed by atoms with E-state index >= 15 is 0 Å². The third-order valence-electron chi connectivity index (χ3n) is 11.5. The average Bonchev–Trinajstić information content (AvgIpc) is 3.30. The van der Waals surface area contributed by atoms with Gasteiger partial charge in [-0.3, -0.25) is 23.4 Å². The minimum absolute atomic E-state index is 0.154. The van der Waals surface area contributed by atoms with Crippen molar-refractivity contribution in [3.05, 3.63) is 36.5 Å². The number of unbranched alkanes of at least 4 members (excludes halogenated alkanes) is 27. The molecule has 66 heavy (non-hydrogen) atoms. The van der Waals surface area contributed by atoms with Gasteiger partial charge in [-0.05, 0) is 70.6 Å². The second-order valence-electron chi connectivity index (χ2n) is 18.0. The lowest BCUT2D eigenvalue weighted by atomic mass is 10.0. The van der Waals surface area contributed by atoms with Crippen molar-refractivity contribution in [2.24, 2.45) is 0 Å². The van der Waals surface area contributed by atoms with Gasteiger partial charge in [-0.25, -0.2) is 4.57 Å². The van der Waals surface area contributed by atoms with Crippen LogP contribution in [0.3, 0.4) is 0 Å². The molecule has 0 bridgehead atoms. The van der Waals surface area contributed by atoms with Gasteiger partial charge in [-0.2, -0.15) is 0 Å². The number of rotatable bonds is 50. The van der Waals surface area contributed by atoms with E-state index in [1.165, 1.54) is 83.5 Å². The minimum Gasteiger partial charge on any atom is -0.462 e. The number of aliphatic hydroxyl groups excluding tert-OH is 1. The molecule has 0 aromatic rings. The Balaban J connectivity index is 4.73. The predicted molar refractivity (Wildman–Crippen MR) is 270 cm³/mol. The van der Waals surface area contributed by atoms with Crippen molar-refractivity contribution in [2.45, 2.75) is 264 Å². The molecule has 12 heteroatoms. The third-order valence-corrected chi connectivity index (χ3v) is 12.5. The largest absolute Gasteiger partial charge is 0.472 e. The number of aliphatic hydroxyl groups is 1. The highest BCUT2D eigenvalue weighted by Crippen LogP contribution is 2.43. The first-order chi connectivity index (χ1) is 32.2. The summed E-state index contributed by atoms with van der Waals surface area (Å²) in [6, 6.07) is 0. The summed E-state index contributed by atoms with van der Waals surface area (Å²) in [5, 5.41) is 9.77. The molecule has 0 aliphatic rings. The first kappa shape index (κ1) is 63.7. The van der Waals surface area contributed by atoms with Gasteiger partial charge in [-0.15, -0.1) is 0 Å². The van der Waals surface area contributed by atoms with Gasteiger partial charge < -0.3 is 24.2 Å². The maximum absolute atomic E-state index is 12.8. The van der Waals surface area contributed by atoms with Gasteiger partial charge in [0.1, 0.15) is 12.7 Å². The van der Waals surface area contributed by atoms with Gasteiger partial charge in [0.25, 0.3) is 0 Å². The van der Waals surface area contributed by atoms with Gasteiger partial charge in [0.2, 0.25) is 0 Å². The molecule has 0 aromatic heterocycles.